The zero-order chi connectivity index (χ0) is 23.8. The molecule has 0 atom stereocenters. The first-order valence-corrected chi connectivity index (χ1v) is 11.4. The molecule has 2 aromatic carbocycles. The summed E-state index contributed by atoms with van der Waals surface area (Å²) in [6.07, 6.45) is 3.25. The van der Waals surface area contributed by atoms with Crippen molar-refractivity contribution in [1.82, 2.24) is 14.1 Å². The lowest BCUT2D eigenvalue weighted by molar-refractivity contribution is 0.663. The lowest BCUT2D eigenvalue weighted by Crippen LogP contribution is -2.38. The number of pyridine rings is 1. The van der Waals surface area contributed by atoms with E-state index in [1.165, 1.54) is 22.1 Å². The van der Waals surface area contributed by atoms with E-state index in [0.717, 1.165) is 9.95 Å². The fourth-order valence-electron chi connectivity index (χ4n) is 3.97. The van der Waals surface area contributed by atoms with Gasteiger partial charge < -0.3 is 0 Å². The summed E-state index contributed by atoms with van der Waals surface area (Å²) in [6.45, 7) is 0.112. The molecule has 0 N–H and O–H groups in total. The van der Waals surface area contributed by atoms with Crippen LogP contribution in [-0.4, -0.2) is 14.1 Å². The van der Waals surface area contributed by atoms with E-state index in [1.54, 1.807) is 30.5 Å². The summed E-state index contributed by atoms with van der Waals surface area (Å²) < 4.78 is 2.88. The SMILES string of the molecule is N#CCCn1c(=O)n(-c2cncc3ccccc23)c(=O)c2sc(-c3cc(Cl)ccc3C#N)cc21. The van der Waals surface area contributed by atoms with E-state index in [9.17, 15) is 14.9 Å². The third kappa shape index (κ3) is 3.46. The second-order valence-electron chi connectivity index (χ2n) is 7.49. The molecule has 5 aromatic rings. The second kappa shape index (κ2) is 8.60. The van der Waals surface area contributed by atoms with Gasteiger partial charge in [0.2, 0.25) is 0 Å². The van der Waals surface area contributed by atoms with E-state index in [-0.39, 0.29) is 13.0 Å². The van der Waals surface area contributed by atoms with E-state index in [4.69, 9.17) is 16.9 Å². The molecule has 0 saturated heterocycles. The van der Waals surface area contributed by atoms with Gasteiger partial charge in [0.1, 0.15) is 4.70 Å². The lowest BCUT2D eigenvalue weighted by atomic mass is 10.1. The molecule has 0 spiro atoms. The zero-order valence-corrected chi connectivity index (χ0v) is 19.1. The van der Waals surface area contributed by atoms with E-state index < -0.39 is 11.2 Å². The van der Waals surface area contributed by atoms with E-state index >= 15 is 0 Å². The van der Waals surface area contributed by atoms with Gasteiger partial charge in [-0.15, -0.1) is 11.3 Å². The first-order valence-electron chi connectivity index (χ1n) is 10.2. The number of rotatable bonds is 4. The molecular formula is C25H14ClN5O2S. The van der Waals surface area contributed by atoms with Crippen molar-refractivity contribution >= 4 is 43.9 Å². The number of hydrogen-bond donors (Lipinski definition) is 0. The van der Waals surface area contributed by atoms with Crippen molar-refractivity contribution in [2.45, 2.75) is 13.0 Å². The number of aryl methyl sites for hydroxylation is 1. The van der Waals surface area contributed by atoms with Crippen LogP contribution in [0.3, 0.4) is 0 Å². The average Bonchev–Trinajstić information content (AvgIpc) is 3.30. The predicted molar refractivity (Wildman–Crippen MR) is 132 cm³/mol. The molecule has 3 aromatic heterocycles. The Kier molecular flexibility index (Phi) is 5.46. The molecule has 0 amide bonds. The van der Waals surface area contributed by atoms with Gasteiger partial charge in [-0.25, -0.2) is 9.36 Å². The first-order chi connectivity index (χ1) is 16.5. The number of fused-ring (bicyclic) bond motifs is 2. The largest absolute Gasteiger partial charge is 0.336 e. The summed E-state index contributed by atoms with van der Waals surface area (Å²) in [4.78, 5) is 32.1. The van der Waals surface area contributed by atoms with Gasteiger partial charge in [-0.05, 0) is 24.3 Å². The maximum absolute atomic E-state index is 13.7. The van der Waals surface area contributed by atoms with Crippen LogP contribution in [0, 0.1) is 22.7 Å². The Hall–Kier alpha value is -4.24. The Bertz CT molecular complexity index is 1800. The van der Waals surface area contributed by atoms with E-state index in [0.29, 0.717) is 42.3 Å². The highest BCUT2D eigenvalue weighted by molar-refractivity contribution is 7.22. The monoisotopic (exact) mass is 483 g/mol. The number of benzene rings is 2. The topological polar surface area (TPSA) is 104 Å². The van der Waals surface area contributed by atoms with E-state index in [1.807, 2.05) is 24.3 Å². The molecule has 7 nitrogen and oxygen atoms in total. The lowest BCUT2D eigenvalue weighted by Gasteiger charge is -2.12. The smallest absolute Gasteiger partial charge is 0.291 e. The number of halogens is 1. The molecule has 0 aliphatic rings. The summed E-state index contributed by atoms with van der Waals surface area (Å²) in [5.41, 5.74) is 0.730. The Balaban J connectivity index is 1.87. The van der Waals surface area contributed by atoms with Crippen molar-refractivity contribution in [3.63, 3.8) is 0 Å². The van der Waals surface area contributed by atoms with Gasteiger partial charge in [-0.2, -0.15) is 10.5 Å². The maximum Gasteiger partial charge on any atom is 0.336 e. The maximum atomic E-state index is 13.7. The minimum atomic E-state index is -0.554. The minimum Gasteiger partial charge on any atom is -0.291 e. The second-order valence-corrected chi connectivity index (χ2v) is 8.98. The van der Waals surface area contributed by atoms with Crippen LogP contribution >= 0.6 is 22.9 Å². The highest BCUT2D eigenvalue weighted by atomic mass is 35.5. The number of aromatic nitrogens is 3. The Morgan fingerprint density at radius 1 is 1.06 bits per heavy atom. The fraction of sp³-hybridized carbons (Fsp3) is 0.0800. The minimum absolute atomic E-state index is 0.0901. The molecule has 5 rings (SSSR count). The normalized spacial score (nSPS) is 10.9. The van der Waals surface area contributed by atoms with Crippen LogP contribution in [-0.2, 0) is 6.54 Å². The molecule has 3 heterocycles. The van der Waals surface area contributed by atoms with Crippen molar-refractivity contribution in [1.29, 1.82) is 10.5 Å². The van der Waals surface area contributed by atoms with Crippen molar-refractivity contribution in [3.8, 4) is 28.3 Å². The Labute approximate surface area is 201 Å². The van der Waals surface area contributed by atoms with Crippen LogP contribution in [0.4, 0.5) is 0 Å². The van der Waals surface area contributed by atoms with Gasteiger partial charge in [-0.1, -0.05) is 35.9 Å². The van der Waals surface area contributed by atoms with Crippen LogP contribution < -0.4 is 11.2 Å². The zero-order valence-electron chi connectivity index (χ0n) is 17.5. The molecule has 0 radical (unpaired) electrons. The summed E-state index contributed by atoms with van der Waals surface area (Å²) in [5.74, 6) is 0. The highest BCUT2D eigenvalue weighted by Crippen LogP contribution is 2.35. The van der Waals surface area contributed by atoms with Crippen molar-refractivity contribution < 1.29 is 0 Å². The van der Waals surface area contributed by atoms with Gasteiger partial charge in [0, 0.05) is 39.0 Å². The summed E-state index contributed by atoms with van der Waals surface area (Å²) in [7, 11) is 0. The average molecular weight is 484 g/mol. The molecule has 0 unspecified atom stereocenters. The van der Waals surface area contributed by atoms with E-state index in [2.05, 4.69) is 17.1 Å². The predicted octanol–water partition coefficient (Wildman–Crippen LogP) is 4.87. The summed E-state index contributed by atoms with van der Waals surface area (Å²) in [5, 5.41) is 20.7. The molecule has 0 bridgehead atoms. The van der Waals surface area contributed by atoms with Gasteiger partial charge in [-0.3, -0.25) is 14.3 Å². The Morgan fingerprint density at radius 3 is 2.68 bits per heavy atom. The van der Waals surface area contributed by atoms with Crippen LogP contribution in [0.1, 0.15) is 12.0 Å². The Morgan fingerprint density at radius 2 is 1.88 bits per heavy atom. The number of hydrogen-bond acceptors (Lipinski definition) is 6. The van der Waals surface area contributed by atoms with Crippen LogP contribution in [0.25, 0.3) is 37.1 Å². The molecule has 0 fully saturated rings. The number of thiophene rings is 1. The van der Waals surface area contributed by atoms with Crippen molar-refractivity contribution in [3.05, 3.63) is 92.3 Å². The third-order valence-electron chi connectivity index (χ3n) is 5.53. The van der Waals surface area contributed by atoms with Crippen LogP contribution in [0.2, 0.25) is 5.02 Å². The molecule has 0 aliphatic heterocycles. The van der Waals surface area contributed by atoms with Crippen molar-refractivity contribution in [2.24, 2.45) is 0 Å². The van der Waals surface area contributed by atoms with Crippen LogP contribution in [0.5, 0.6) is 0 Å². The first kappa shape index (κ1) is 21.6. The molecular weight excluding hydrogens is 470 g/mol. The van der Waals surface area contributed by atoms with Gasteiger partial charge >= 0.3 is 5.69 Å². The summed E-state index contributed by atoms with van der Waals surface area (Å²) >= 11 is 7.35. The molecule has 0 saturated carbocycles. The third-order valence-corrected chi connectivity index (χ3v) is 6.91. The molecule has 9 heteroatoms. The fourth-order valence-corrected chi connectivity index (χ4v) is 5.26. The summed E-state index contributed by atoms with van der Waals surface area (Å²) in [6, 6.07) is 18.2. The molecule has 164 valence electrons. The van der Waals surface area contributed by atoms with Crippen LogP contribution in [0.15, 0.2) is 70.5 Å². The van der Waals surface area contributed by atoms with Crippen molar-refractivity contribution in [2.75, 3.05) is 0 Å². The number of nitriles is 2. The van der Waals surface area contributed by atoms with Gasteiger partial charge in [0.05, 0.1) is 41.5 Å². The van der Waals surface area contributed by atoms with Gasteiger partial charge in [0.15, 0.2) is 0 Å². The molecule has 0 aliphatic carbocycles. The number of nitrogens with zero attached hydrogens (tertiary/aromatic N) is 5. The quantitative estimate of drug-likeness (QED) is 0.362. The highest BCUT2D eigenvalue weighted by Gasteiger charge is 2.20. The standard InChI is InChI=1S/C25H14ClN5O2S/c26-17-7-6-15(12-28)19(10-17)22-11-20-23(34-22)24(32)31(25(33)30(20)9-3-8-27)21-14-29-13-16-4-1-2-5-18(16)21/h1-2,4-7,10-11,13-14H,3,9H2. The van der Waals surface area contributed by atoms with Gasteiger partial charge in [0.25, 0.3) is 5.56 Å². The molecule has 34 heavy (non-hydrogen) atoms.